The zero-order valence-corrected chi connectivity index (χ0v) is 12.8. The van der Waals surface area contributed by atoms with Crippen LogP contribution in [-0.2, 0) is 16.3 Å². The monoisotopic (exact) mass is 284 g/mol. The highest BCUT2D eigenvalue weighted by atomic mass is 32.2. The number of benzene rings is 1. The van der Waals surface area contributed by atoms with Crippen molar-refractivity contribution in [1.82, 2.24) is 0 Å². The third-order valence-corrected chi connectivity index (χ3v) is 4.12. The molecule has 1 atom stereocenters. The quantitative estimate of drug-likeness (QED) is 0.823. The summed E-state index contributed by atoms with van der Waals surface area (Å²) in [7, 11) is -1.01. The molecule has 1 aromatic rings. The van der Waals surface area contributed by atoms with Gasteiger partial charge in [-0.15, -0.1) is 0 Å². The molecule has 0 bridgehead atoms. The number of nitrogens with two attached hydrogens (primary N) is 1. The molecule has 2 N–H and O–H groups in total. The maximum absolute atomic E-state index is 11.1. The summed E-state index contributed by atoms with van der Waals surface area (Å²) in [4.78, 5) is 1.95. The van der Waals surface area contributed by atoms with E-state index in [2.05, 4.69) is 19.1 Å². The van der Waals surface area contributed by atoms with Crippen LogP contribution in [-0.4, -0.2) is 40.1 Å². The molecule has 1 rings (SSSR count). The summed E-state index contributed by atoms with van der Waals surface area (Å²) < 4.78 is 22.3. The number of hydrogen-bond acceptors (Lipinski definition) is 4. The summed E-state index contributed by atoms with van der Waals surface area (Å²) >= 11 is 0. The smallest absolute Gasteiger partial charge is 0.149 e. The molecular formula is C14H24N2O2S. The van der Waals surface area contributed by atoms with Crippen molar-refractivity contribution in [2.24, 2.45) is 5.73 Å². The molecule has 0 saturated heterocycles. The van der Waals surface area contributed by atoms with Crippen LogP contribution in [0.4, 0.5) is 5.69 Å². The van der Waals surface area contributed by atoms with Gasteiger partial charge in [0.15, 0.2) is 0 Å². The second kappa shape index (κ2) is 6.91. The Hall–Kier alpha value is -1.07. The van der Waals surface area contributed by atoms with E-state index in [4.69, 9.17) is 5.73 Å². The summed E-state index contributed by atoms with van der Waals surface area (Å²) in [6.45, 7) is 2.59. The lowest BCUT2D eigenvalue weighted by molar-refractivity contribution is 0.601. The van der Waals surface area contributed by atoms with Crippen LogP contribution in [0.1, 0.15) is 18.9 Å². The van der Waals surface area contributed by atoms with E-state index < -0.39 is 9.84 Å². The third kappa shape index (κ3) is 6.07. The maximum atomic E-state index is 11.1. The Morgan fingerprint density at radius 3 is 2.32 bits per heavy atom. The molecule has 0 fully saturated rings. The molecule has 0 amide bonds. The molecule has 0 saturated carbocycles. The van der Waals surface area contributed by atoms with Gasteiger partial charge in [-0.05, 0) is 30.5 Å². The number of anilines is 1. The fourth-order valence-corrected chi connectivity index (χ4v) is 2.37. The summed E-state index contributed by atoms with van der Waals surface area (Å²) in [6.07, 6.45) is 3.11. The lowest BCUT2D eigenvalue weighted by atomic mass is 10.0. The first kappa shape index (κ1) is 16.0. The van der Waals surface area contributed by atoms with Crippen LogP contribution >= 0.6 is 0 Å². The van der Waals surface area contributed by atoms with Gasteiger partial charge in [0.1, 0.15) is 9.84 Å². The lowest BCUT2D eigenvalue weighted by Gasteiger charge is -2.19. The van der Waals surface area contributed by atoms with E-state index in [0.717, 1.165) is 18.5 Å². The second-order valence-corrected chi connectivity index (χ2v) is 7.35. The predicted molar refractivity (Wildman–Crippen MR) is 81.4 cm³/mol. The van der Waals surface area contributed by atoms with E-state index in [1.54, 1.807) is 0 Å². The van der Waals surface area contributed by atoms with Crippen molar-refractivity contribution >= 4 is 15.5 Å². The average Bonchev–Trinajstić information content (AvgIpc) is 2.36. The minimum atomic E-state index is -2.91. The van der Waals surface area contributed by atoms with Gasteiger partial charge in [-0.2, -0.15) is 0 Å². The normalized spacial score (nSPS) is 13.3. The molecule has 0 radical (unpaired) electrons. The molecule has 0 aliphatic heterocycles. The van der Waals surface area contributed by atoms with Gasteiger partial charge in [0, 0.05) is 31.6 Å². The van der Waals surface area contributed by atoms with Crippen molar-refractivity contribution in [3.05, 3.63) is 29.8 Å². The van der Waals surface area contributed by atoms with Crippen molar-refractivity contribution in [3.8, 4) is 0 Å². The van der Waals surface area contributed by atoms with Gasteiger partial charge in [0.25, 0.3) is 0 Å². The summed E-state index contributed by atoms with van der Waals surface area (Å²) in [6, 6.07) is 8.35. The Morgan fingerprint density at radius 2 is 1.84 bits per heavy atom. The van der Waals surface area contributed by atoms with Crippen molar-refractivity contribution in [2.45, 2.75) is 25.8 Å². The van der Waals surface area contributed by atoms with E-state index in [1.807, 2.05) is 24.1 Å². The lowest BCUT2D eigenvalue weighted by Crippen LogP contribution is -2.25. The molecule has 1 aromatic carbocycles. The van der Waals surface area contributed by atoms with Crippen molar-refractivity contribution in [2.75, 3.05) is 30.5 Å². The molecule has 0 heterocycles. The van der Waals surface area contributed by atoms with E-state index >= 15 is 0 Å². The van der Waals surface area contributed by atoms with E-state index in [0.29, 0.717) is 6.54 Å². The molecule has 0 aliphatic carbocycles. The standard InChI is InChI=1S/C14H24N2O2S/c1-4-13(15)11-12-5-7-14(8-6-12)16(2)9-10-19(3,17)18/h5-8,13H,4,9-11,15H2,1-3H3. The summed E-state index contributed by atoms with van der Waals surface area (Å²) in [5.74, 6) is 0.173. The van der Waals surface area contributed by atoms with Crippen molar-refractivity contribution < 1.29 is 8.42 Å². The van der Waals surface area contributed by atoms with Crippen LogP contribution in [0.3, 0.4) is 0 Å². The molecule has 5 heteroatoms. The Balaban J connectivity index is 2.60. The predicted octanol–water partition coefficient (Wildman–Crippen LogP) is 1.45. The first-order valence-corrected chi connectivity index (χ1v) is 8.61. The van der Waals surface area contributed by atoms with Gasteiger partial charge < -0.3 is 10.6 Å². The molecular weight excluding hydrogens is 260 g/mol. The van der Waals surface area contributed by atoms with Crippen LogP contribution in [0, 0.1) is 0 Å². The molecule has 0 aliphatic rings. The minimum Gasteiger partial charge on any atom is -0.374 e. The number of rotatable bonds is 7. The van der Waals surface area contributed by atoms with Gasteiger partial charge in [0.2, 0.25) is 0 Å². The zero-order chi connectivity index (χ0) is 14.5. The average molecular weight is 284 g/mol. The third-order valence-electron chi connectivity index (χ3n) is 3.20. The fourth-order valence-electron chi connectivity index (χ4n) is 1.77. The second-order valence-electron chi connectivity index (χ2n) is 5.09. The van der Waals surface area contributed by atoms with Crippen LogP contribution in [0.2, 0.25) is 0 Å². The minimum absolute atomic E-state index is 0.173. The Morgan fingerprint density at radius 1 is 1.26 bits per heavy atom. The molecule has 0 spiro atoms. The Kier molecular flexibility index (Phi) is 5.82. The van der Waals surface area contributed by atoms with Gasteiger partial charge in [-0.3, -0.25) is 0 Å². The van der Waals surface area contributed by atoms with Gasteiger partial charge in [-0.1, -0.05) is 19.1 Å². The molecule has 1 unspecified atom stereocenters. The number of hydrogen-bond donors (Lipinski definition) is 1. The summed E-state index contributed by atoms with van der Waals surface area (Å²) in [5, 5.41) is 0. The number of sulfone groups is 1. The van der Waals surface area contributed by atoms with Gasteiger partial charge in [0.05, 0.1) is 5.75 Å². The highest BCUT2D eigenvalue weighted by Crippen LogP contribution is 2.15. The Labute approximate surface area is 116 Å². The SMILES string of the molecule is CCC(N)Cc1ccc(N(C)CCS(C)(=O)=O)cc1. The highest BCUT2D eigenvalue weighted by molar-refractivity contribution is 7.90. The molecule has 19 heavy (non-hydrogen) atoms. The zero-order valence-electron chi connectivity index (χ0n) is 12.0. The van der Waals surface area contributed by atoms with Crippen LogP contribution < -0.4 is 10.6 Å². The first-order chi connectivity index (χ1) is 8.81. The van der Waals surface area contributed by atoms with E-state index in [9.17, 15) is 8.42 Å². The largest absolute Gasteiger partial charge is 0.374 e. The topological polar surface area (TPSA) is 63.4 Å². The maximum Gasteiger partial charge on any atom is 0.149 e. The van der Waals surface area contributed by atoms with Gasteiger partial charge in [-0.25, -0.2) is 8.42 Å². The first-order valence-electron chi connectivity index (χ1n) is 6.55. The van der Waals surface area contributed by atoms with Gasteiger partial charge >= 0.3 is 0 Å². The molecule has 0 aromatic heterocycles. The summed E-state index contributed by atoms with van der Waals surface area (Å²) in [5.41, 5.74) is 8.16. The highest BCUT2D eigenvalue weighted by Gasteiger charge is 2.07. The van der Waals surface area contributed by atoms with Crippen LogP contribution in [0.25, 0.3) is 0 Å². The van der Waals surface area contributed by atoms with E-state index in [-0.39, 0.29) is 11.8 Å². The molecule has 108 valence electrons. The van der Waals surface area contributed by atoms with Crippen molar-refractivity contribution in [3.63, 3.8) is 0 Å². The number of nitrogens with zero attached hydrogens (tertiary/aromatic N) is 1. The Bertz CT molecular complexity index is 483. The van der Waals surface area contributed by atoms with Crippen LogP contribution in [0.5, 0.6) is 0 Å². The molecule has 4 nitrogen and oxygen atoms in total. The van der Waals surface area contributed by atoms with Crippen LogP contribution in [0.15, 0.2) is 24.3 Å². The fraction of sp³-hybridized carbons (Fsp3) is 0.571. The van der Waals surface area contributed by atoms with Crippen molar-refractivity contribution in [1.29, 1.82) is 0 Å². The van der Waals surface area contributed by atoms with E-state index in [1.165, 1.54) is 11.8 Å².